The van der Waals surface area contributed by atoms with Crippen molar-refractivity contribution in [1.82, 2.24) is 10.2 Å². The van der Waals surface area contributed by atoms with Crippen LogP contribution in [0.2, 0.25) is 5.02 Å². The quantitative estimate of drug-likeness (QED) is 0.664. The predicted molar refractivity (Wildman–Crippen MR) is 74.3 cm³/mol. The van der Waals surface area contributed by atoms with Gasteiger partial charge in [0.25, 0.3) is 0 Å². The number of aromatic nitrogens is 2. The molecule has 6 nitrogen and oxygen atoms in total. The summed E-state index contributed by atoms with van der Waals surface area (Å²) in [7, 11) is 0. The lowest BCUT2D eigenvalue weighted by Crippen LogP contribution is -2.14. The topological polar surface area (TPSA) is 94.0 Å². The third-order valence-electron chi connectivity index (χ3n) is 2.12. The molecule has 0 saturated heterocycles. The van der Waals surface area contributed by atoms with E-state index in [2.05, 4.69) is 15.5 Å². The van der Waals surface area contributed by atoms with E-state index in [0.29, 0.717) is 21.5 Å². The monoisotopic (exact) mass is 298 g/mol. The maximum Gasteiger partial charge on any atom is 0.322 e. The Kier molecular flexibility index (Phi) is 4.28. The maximum atomic E-state index is 11.7. The summed E-state index contributed by atoms with van der Waals surface area (Å²) in [6.07, 6.45) is 0. The molecule has 1 aromatic carbocycles. The zero-order chi connectivity index (χ0) is 13.8. The number of amides is 1. The van der Waals surface area contributed by atoms with Gasteiger partial charge in [-0.25, -0.2) is 0 Å². The summed E-state index contributed by atoms with van der Waals surface area (Å²) in [5, 5.41) is 10.3. The average molecular weight is 299 g/mol. The number of nitrogens with two attached hydrogens (primary N) is 1. The normalized spacial score (nSPS) is 10.4. The molecule has 1 amide bonds. The van der Waals surface area contributed by atoms with Crippen molar-refractivity contribution in [3.8, 4) is 0 Å². The second kappa shape index (κ2) is 5.94. The molecule has 2 rings (SSSR count). The number of benzene rings is 1. The molecule has 0 spiro atoms. The van der Waals surface area contributed by atoms with Crippen molar-refractivity contribution in [2.45, 2.75) is 11.8 Å². The van der Waals surface area contributed by atoms with Crippen LogP contribution in [-0.2, 0) is 4.79 Å². The second-order valence-corrected chi connectivity index (χ2v) is 5.01. The lowest BCUT2D eigenvalue weighted by Gasteiger charge is -2.06. The smallest absolute Gasteiger partial charge is 0.322 e. The molecule has 0 unspecified atom stereocenters. The van der Waals surface area contributed by atoms with E-state index in [1.165, 1.54) is 11.8 Å². The van der Waals surface area contributed by atoms with Crippen LogP contribution in [0.4, 0.5) is 11.7 Å². The third kappa shape index (κ3) is 3.62. The van der Waals surface area contributed by atoms with Gasteiger partial charge in [-0.1, -0.05) is 22.8 Å². The molecule has 0 aliphatic rings. The first kappa shape index (κ1) is 13.7. The summed E-state index contributed by atoms with van der Waals surface area (Å²) in [5.74, 6) is 0.265. The van der Waals surface area contributed by atoms with Crippen LogP contribution in [0.5, 0.6) is 0 Å². The van der Waals surface area contributed by atoms with E-state index in [4.69, 9.17) is 21.8 Å². The Hall–Kier alpha value is -1.73. The summed E-state index contributed by atoms with van der Waals surface area (Å²) in [6.45, 7) is 1.64. The highest BCUT2D eigenvalue weighted by molar-refractivity contribution is 8.00. The van der Waals surface area contributed by atoms with Crippen molar-refractivity contribution in [1.29, 1.82) is 0 Å². The van der Waals surface area contributed by atoms with Gasteiger partial charge in [0, 0.05) is 17.5 Å². The lowest BCUT2D eigenvalue weighted by atomic mass is 10.3. The number of hydrogen-bond acceptors (Lipinski definition) is 6. The number of halogens is 1. The number of rotatable bonds is 4. The number of nitrogen functional groups attached to an aromatic ring is 1. The predicted octanol–water partition coefficient (Wildman–Crippen LogP) is 2.34. The molecule has 1 aromatic heterocycles. The Morgan fingerprint density at radius 2 is 2.32 bits per heavy atom. The third-order valence-corrected chi connectivity index (χ3v) is 3.70. The molecule has 0 bridgehead atoms. The largest absolute Gasteiger partial charge is 0.408 e. The molecule has 0 radical (unpaired) electrons. The Morgan fingerprint density at radius 3 is 2.95 bits per heavy atom. The number of anilines is 2. The number of carbonyl (C=O) groups excluding carboxylic acids is 1. The molecule has 3 N–H and O–H groups in total. The van der Waals surface area contributed by atoms with Crippen molar-refractivity contribution in [2.75, 3.05) is 16.8 Å². The van der Waals surface area contributed by atoms with Crippen LogP contribution in [0.3, 0.4) is 0 Å². The molecule has 0 saturated carbocycles. The molecule has 0 atom stereocenters. The molecule has 0 aliphatic heterocycles. The van der Waals surface area contributed by atoms with Crippen molar-refractivity contribution >= 4 is 41.0 Å². The minimum absolute atomic E-state index is 0.0789. The van der Waals surface area contributed by atoms with Crippen LogP contribution < -0.4 is 11.1 Å². The number of hydrogen-bond donors (Lipinski definition) is 2. The highest BCUT2D eigenvalue weighted by Crippen LogP contribution is 2.32. The van der Waals surface area contributed by atoms with E-state index in [0.717, 1.165) is 0 Å². The molecule has 1 heterocycles. The molecule has 0 aliphatic carbocycles. The van der Waals surface area contributed by atoms with Crippen LogP contribution in [0.1, 0.15) is 5.89 Å². The summed E-state index contributed by atoms with van der Waals surface area (Å²) in [4.78, 5) is 12.4. The highest BCUT2D eigenvalue weighted by atomic mass is 35.5. The zero-order valence-corrected chi connectivity index (χ0v) is 11.6. The van der Waals surface area contributed by atoms with Gasteiger partial charge < -0.3 is 10.2 Å². The van der Waals surface area contributed by atoms with E-state index in [1.54, 1.807) is 25.1 Å². The van der Waals surface area contributed by atoms with Crippen molar-refractivity contribution in [3.05, 3.63) is 29.1 Å². The van der Waals surface area contributed by atoms with E-state index in [-0.39, 0.29) is 17.7 Å². The van der Waals surface area contributed by atoms with E-state index in [1.807, 2.05) is 0 Å². The summed E-state index contributed by atoms with van der Waals surface area (Å²) in [6, 6.07) is 5.28. The fourth-order valence-corrected chi connectivity index (χ4v) is 2.45. The summed E-state index contributed by atoms with van der Waals surface area (Å²) >= 11 is 7.25. The lowest BCUT2D eigenvalue weighted by molar-refractivity contribution is -0.113. The minimum Gasteiger partial charge on any atom is -0.408 e. The first-order valence-electron chi connectivity index (χ1n) is 5.33. The van der Waals surface area contributed by atoms with Gasteiger partial charge in [0.2, 0.25) is 11.8 Å². The average Bonchev–Trinajstić information content (AvgIpc) is 2.74. The van der Waals surface area contributed by atoms with Gasteiger partial charge in [0.05, 0.1) is 10.8 Å². The van der Waals surface area contributed by atoms with Gasteiger partial charge in [-0.3, -0.25) is 10.1 Å². The highest BCUT2D eigenvalue weighted by Gasteiger charge is 2.11. The summed E-state index contributed by atoms with van der Waals surface area (Å²) < 4.78 is 5.04. The van der Waals surface area contributed by atoms with Gasteiger partial charge in [-0.2, -0.15) is 0 Å². The number of thioether (sulfide) groups is 1. The second-order valence-electron chi connectivity index (χ2n) is 3.62. The molecule has 19 heavy (non-hydrogen) atoms. The van der Waals surface area contributed by atoms with Gasteiger partial charge >= 0.3 is 6.01 Å². The van der Waals surface area contributed by atoms with E-state index < -0.39 is 0 Å². The molecule has 0 fully saturated rings. The van der Waals surface area contributed by atoms with Crippen molar-refractivity contribution < 1.29 is 9.21 Å². The minimum atomic E-state index is -0.270. The van der Waals surface area contributed by atoms with E-state index in [9.17, 15) is 4.79 Å². The van der Waals surface area contributed by atoms with Gasteiger partial charge in [-0.05, 0) is 12.1 Å². The standard InChI is InChI=1S/C11H11ClN4O2S/c1-6-15-16-11(18-6)14-9(17)5-19-10-7(12)3-2-4-8(10)13/h2-4H,5,13H2,1H3,(H,14,16,17). The number of nitrogens with one attached hydrogen (secondary N) is 1. The fourth-order valence-electron chi connectivity index (χ4n) is 1.32. The Balaban J connectivity index is 1.93. The first-order chi connectivity index (χ1) is 9.06. The first-order valence-corrected chi connectivity index (χ1v) is 6.69. The van der Waals surface area contributed by atoms with Crippen molar-refractivity contribution in [2.24, 2.45) is 0 Å². The fraction of sp³-hybridized carbons (Fsp3) is 0.182. The number of carbonyl (C=O) groups is 1. The Bertz CT molecular complexity index is 582. The van der Waals surface area contributed by atoms with Gasteiger partial charge in [0.1, 0.15) is 0 Å². The molecule has 2 aromatic rings. The SMILES string of the molecule is Cc1nnc(NC(=O)CSc2c(N)cccc2Cl)o1. The van der Waals surface area contributed by atoms with Crippen LogP contribution in [0.15, 0.2) is 27.5 Å². The molecular weight excluding hydrogens is 288 g/mol. The number of aryl methyl sites for hydroxylation is 1. The molecule has 100 valence electrons. The van der Waals surface area contributed by atoms with Gasteiger partial charge in [0.15, 0.2) is 0 Å². The van der Waals surface area contributed by atoms with E-state index >= 15 is 0 Å². The van der Waals surface area contributed by atoms with Crippen LogP contribution in [0.25, 0.3) is 0 Å². The van der Waals surface area contributed by atoms with Gasteiger partial charge in [-0.15, -0.1) is 16.9 Å². The van der Waals surface area contributed by atoms with Crippen molar-refractivity contribution in [3.63, 3.8) is 0 Å². The molecule has 8 heteroatoms. The Labute approximate surface area is 118 Å². The maximum absolute atomic E-state index is 11.7. The number of nitrogens with zero attached hydrogens (tertiary/aromatic N) is 2. The van der Waals surface area contributed by atoms with Crippen LogP contribution in [-0.4, -0.2) is 21.9 Å². The summed E-state index contributed by atoms with van der Waals surface area (Å²) in [5.41, 5.74) is 6.33. The molecular formula is C11H11ClN4O2S. The van der Waals surface area contributed by atoms with Crippen LogP contribution in [0, 0.1) is 6.92 Å². The van der Waals surface area contributed by atoms with Crippen LogP contribution >= 0.6 is 23.4 Å². The Morgan fingerprint density at radius 1 is 1.53 bits per heavy atom. The zero-order valence-electron chi connectivity index (χ0n) is 10.0.